The van der Waals surface area contributed by atoms with Crippen molar-refractivity contribution in [1.29, 1.82) is 0 Å². The molecule has 0 saturated carbocycles. The van der Waals surface area contributed by atoms with E-state index in [4.69, 9.17) is 11.6 Å². The first kappa shape index (κ1) is 11.5. The fourth-order valence-corrected chi connectivity index (χ4v) is 1.78. The number of benzene rings is 1. The largest absolute Gasteiger partial charge is 0.298 e. The maximum atomic E-state index is 13.6. The van der Waals surface area contributed by atoms with Gasteiger partial charge in [-0.3, -0.25) is 4.79 Å². The van der Waals surface area contributed by atoms with Crippen molar-refractivity contribution in [3.63, 3.8) is 0 Å². The van der Waals surface area contributed by atoms with Crippen molar-refractivity contribution < 1.29 is 9.18 Å². The Labute approximate surface area is 91.6 Å². The van der Waals surface area contributed by atoms with E-state index in [1.807, 2.05) is 0 Å². The molecule has 1 rings (SSSR count). The summed E-state index contributed by atoms with van der Waals surface area (Å²) in [6, 6.07) is 4.89. The number of ketones is 1. The SMILES string of the molecule is CSc1cccc(C(Cl)C(C)=O)c1F. The van der Waals surface area contributed by atoms with Crippen LogP contribution in [0.15, 0.2) is 23.1 Å². The number of rotatable bonds is 3. The van der Waals surface area contributed by atoms with Gasteiger partial charge in [-0.15, -0.1) is 23.4 Å². The molecule has 0 amide bonds. The number of carbonyl (C=O) groups excluding carboxylic acids is 1. The Morgan fingerprint density at radius 1 is 1.57 bits per heavy atom. The first-order chi connectivity index (χ1) is 6.57. The smallest absolute Gasteiger partial charge is 0.152 e. The molecule has 1 atom stereocenters. The van der Waals surface area contributed by atoms with Crippen LogP contribution in [0.4, 0.5) is 4.39 Å². The molecule has 0 aliphatic rings. The maximum Gasteiger partial charge on any atom is 0.152 e. The molecule has 1 unspecified atom stereocenters. The van der Waals surface area contributed by atoms with Crippen LogP contribution in [0.3, 0.4) is 0 Å². The lowest BCUT2D eigenvalue weighted by atomic mass is 10.1. The summed E-state index contributed by atoms with van der Waals surface area (Å²) in [5, 5.41) is -0.887. The van der Waals surface area contributed by atoms with Crippen LogP contribution in [0.25, 0.3) is 0 Å². The highest BCUT2D eigenvalue weighted by atomic mass is 35.5. The fourth-order valence-electron chi connectivity index (χ4n) is 1.10. The predicted octanol–water partition coefficient (Wildman–Crippen LogP) is 3.42. The lowest BCUT2D eigenvalue weighted by Gasteiger charge is -2.09. The van der Waals surface area contributed by atoms with E-state index in [0.717, 1.165) is 0 Å². The molecule has 0 aliphatic carbocycles. The minimum Gasteiger partial charge on any atom is -0.298 e. The average molecular weight is 233 g/mol. The Morgan fingerprint density at radius 3 is 2.71 bits per heavy atom. The number of thioether (sulfide) groups is 1. The van der Waals surface area contributed by atoms with Crippen LogP contribution in [0.5, 0.6) is 0 Å². The molecule has 1 nitrogen and oxygen atoms in total. The van der Waals surface area contributed by atoms with E-state index in [2.05, 4.69) is 0 Å². The second kappa shape index (κ2) is 4.80. The Hall–Kier alpha value is -0.540. The highest BCUT2D eigenvalue weighted by Gasteiger charge is 2.18. The number of Topliss-reactive ketones (excluding diaryl/α,β-unsaturated/α-hetero) is 1. The van der Waals surface area contributed by atoms with Gasteiger partial charge in [0.25, 0.3) is 0 Å². The summed E-state index contributed by atoms with van der Waals surface area (Å²) in [7, 11) is 0. The molecule has 0 aliphatic heterocycles. The van der Waals surface area contributed by atoms with Crippen molar-refractivity contribution in [1.82, 2.24) is 0 Å². The van der Waals surface area contributed by atoms with E-state index >= 15 is 0 Å². The first-order valence-corrected chi connectivity index (χ1v) is 5.71. The molecule has 0 spiro atoms. The summed E-state index contributed by atoms with van der Waals surface area (Å²) in [4.78, 5) is 11.5. The highest BCUT2D eigenvalue weighted by molar-refractivity contribution is 7.98. The van der Waals surface area contributed by atoms with Crippen LogP contribution in [-0.2, 0) is 4.79 Å². The third-order valence-corrected chi connectivity index (χ3v) is 3.14. The summed E-state index contributed by atoms with van der Waals surface area (Å²) in [5.41, 5.74) is 0.256. The molecular formula is C10H10ClFOS. The zero-order valence-electron chi connectivity index (χ0n) is 7.88. The van der Waals surface area contributed by atoms with Gasteiger partial charge in [-0.2, -0.15) is 0 Å². The molecule has 76 valence electrons. The van der Waals surface area contributed by atoms with Crippen molar-refractivity contribution >= 4 is 29.1 Å². The molecule has 1 aromatic carbocycles. The van der Waals surface area contributed by atoms with Gasteiger partial charge in [-0.1, -0.05) is 12.1 Å². The summed E-state index contributed by atoms with van der Waals surface area (Å²) < 4.78 is 13.6. The molecule has 0 N–H and O–H groups in total. The normalized spacial score (nSPS) is 12.6. The van der Waals surface area contributed by atoms with Gasteiger partial charge in [0.1, 0.15) is 11.2 Å². The number of carbonyl (C=O) groups is 1. The van der Waals surface area contributed by atoms with Crippen LogP contribution in [-0.4, -0.2) is 12.0 Å². The maximum absolute atomic E-state index is 13.6. The lowest BCUT2D eigenvalue weighted by molar-refractivity contribution is -0.116. The van der Waals surface area contributed by atoms with Gasteiger partial charge >= 0.3 is 0 Å². The van der Waals surface area contributed by atoms with E-state index in [1.165, 1.54) is 24.8 Å². The third kappa shape index (κ3) is 2.28. The molecular weight excluding hydrogens is 223 g/mol. The Morgan fingerprint density at radius 2 is 2.21 bits per heavy atom. The van der Waals surface area contributed by atoms with Gasteiger partial charge < -0.3 is 0 Å². The van der Waals surface area contributed by atoms with Crippen molar-refractivity contribution in [2.75, 3.05) is 6.26 Å². The van der Waals surface area contributed by atoms with E-state index in [1.54, 1.807) is 18.4 Å². The number of hydrogen-bond acceptors (Lipinski definition) is 2. The van der Waals surface area contributed by atoms with Crippen molar-refractivity contribution in [3.8, 4) is 0 Å². The quantitative estimate of drug-likeness (QED) is 0.587. The zero-order chi connectivity index (χ0) is 10.7. The van der Waals surface area contributed by atoms with Crippen molar-refractivity contribution in [2.24, 2.45) is 0 Å². The summed E-state index contributed by atoms with van der Waals surface area (Å²) >= 11 is 7.07. The van der Waals surface area contributed by atoms with E-state index in [0.29, 0.717) is 4.90 Å². The summed E-state index contributed by atoms with van der Waals surface area (Å²) in [6.07, 6.45) is 1.78. The average Bonchev–Trinajstić information content (AvgIpc) is 2.17. The summed E-state index contributed by atoms with van der Waals surface area (Å²) in [5.74, 6) is -0.640. The highest BCUT2D eigenvalue weighted by Crippen LogP contribution is 2.29. The van der Waals surface area contributed by atoms with Crippen LogP contribution in [0.1, 0.15) is 17.9 Å². The molecule has 0 fully saturated rings. The van der Waals surface area contributed by atoms with Gasteiger partial charge in [-0.05, 0) is 19.2 Å². The minimum absolute atomic E-state index is 0.246. The Bertz CT molecular complexity index is 354. The van der Waals surface area contributed by atoms with E-state index in [-0.39, 0.29) is 11.3 Å². The lowest BCUT2D eigenvalue weighted by Crippen LogP contribution is -2.04. The van der Waals surface area contributed by atoms with Gasteiger partial charge in [0.05, 0.1) is 0 Å². The fraction of sp³-hybridized carbons (Fsp3) is 0.300. The van der Waals surface area contributed by atoms with Crippen LogP contribution in [0, 0.1) is 5.82 Å². The molecule has 0 saturated heterocycles. The van der Waals surface area contributed by atoms with E-state index < -0.39 is 11.2 Å². The second-order valence-electron chi connectivity index (χ2n) is 2.84. The van der Waals surface area contributed by atoms with E-state index in [9.17, 15) is 9.18 Å². The summed E-state index contributed by atoms with van der Waals surface area (Å²) in [6.45, 7) is 1.35. The molecule has 4 heteroatoms. The van der Waals surface area contributed by atoms with Gasteiger partial charge in [0, 0.05) is 10.5 Å². The van der Waals surface area contributed by atoms with Crippen LogP contribution in [0.2, 0.25) is 0 Å². The minimum atomic E-state index is -0.887. The van der Waals surface area contributed by atoms with Crippen LogP contribution < -0.4 is 0 Å². The molecule has 0 radical (unpaired) electrons. The predicted molar refractivity (Wildman–Crippen MR) is 57.5 cm³/mol. The van der Waals surface area contributed by atoms with Gasteiger partial charge in [0.2, 0.25) is 0 Å². The zero-order valence-corrected chi connectivity index (χ0v) is 9.45. The third-order valence-electron chi connectivity index (χ3n) is 1.84. The molecule has 14 heavy (non-hydrogen) atoms. The first-order valence-electron chi connectivity index (χ1n) is 4.05. The topological polar surface area (TPSA) is 17.1 Å². The van der Waals surface area contributed by atoms with Crippen LogP contribution >= 0.6 is 23.4 Å². The molecule has 0 bridgehead atoms. The Kier molecular flexibility index (Phi) is 3.96. The molecule has 0 aromatic heterocycles. The number of alkyl halides is 1. The van der Waals surface area contributed by atoms with Gasteiger partial charge in [0.15, 0.2) is 5.78 Å². The second-order valence-corrected chi connectivity index (χ2v) is 4.12. The molecule has 1 aromatic rings. The van der Waals surface area contributed by atoms with Crippen molar-refractivity contribution in [2.45, 2.75) is 17.2 Å². The number of halogens is 2. The number of hydrogen-bond donors (Lipinski definition) is 0. The standard InChI is InChI=1S/C10H10ClFOS/c1-6(13)9(11)7-4-3-5-8(14-2)10(7)12/h3-5,9H,1-2H3. The monoisotopic (exact) mass is 232 g/mol. The van der Waals surface area contributed by atoms with Gasteiger partial charge in [-0.25, -0.2) is 4.39 Å². The molecule has 0 heterocycles. The Balaban J connectivity index is 3.15. The van der Waals surface area contributed by atoms with Crippen molar-refractivity contribution in [3.05, 3.63) is 29.6 Å².